The second kappa shape index (κ2) is 3.52. The highest BCUT2D eigenvalue weighted by molar-refractivity contribution is 7.99. The Morgan fingerprint density at radius 3 is 2.92 bits per heavy atom. The maximum atomic E-state index is 9.48. The third kappa shape index (κ3) is 1.93. The van der Waals surface area contributed by atoms with Crippen molar-refractivity contribution in [1.82, 2.24) is 20.5 Å². The van der Waals surface area contributed by atoms with Gasteiger partial charge in [-0.15, -0.1) is 5.10 Å². The van der Waals surface area contributed by atoms with Gasteiger partial charge in [0.05, 0.1) is 11.4 Å². The highest BCUT2D eigenvalue weighted by Crippen LogP contribution is 2.24. The summed E-state index contributed by atoms with van der Waals surface area (Å²) in [6.45, 7) is 1.41. The van der Waals surface area contributed by atoms with Gasteiger partial charge in [0.1, 0.15) is 0 Å². The summed E-state index contributed by atoms with van der Waals surface area (Å²) in [6, 6.07) is 0. The van der Waals surface area contributed by atoms with Gasteiger partial charge in [-0.05, 0) is 0 Å². The van der Waals surface area contributed by atoms with E-state index in [1.54, 1.807) is 0 Å². The molecule has 72 valence electrons. The van der Waals surface area contributed by atoms with E-state index in [1.807, 2.05) is 0 Å². The number of H-pyrrole nitrogens is 1. The van der Waals surface area contributed by atoms with Gasteiger partial charge in [0.15, 0.2) is 0 Å². The Balaban J connectivity index is 1.97. The van der Waals surface area contributed by atoms with E-state index < -0.39 is 0 Å². The number of thioether (sulfide) groups is 1. The largest absolute Gasteiger partial charge is 0.391 e. The number of anilines is 1. The quantitative estimate of drug-likeness (QED) is 0.480. The van der Waals surface area contributed by atoms with Crippen LogP contribution in [-0.2, 0) is 0 Å². The van der Waals surface area contributed by atoms with Crippen molar-refractivity contribution in [3.63, 3.8) is 0 Å². The summed E-state index contributed by atoms with van der Waals surface area (Å²) in [5.41, 5.74) is 5.37. The van der Waals surface area contributed by atoms with Crippen LogP contribution in [0.3, 0.4) is 0 Å². The molecule has 0 aromatic carbocycles. The summed E-state index contributed by atoms with van der Waals surface area (Å²) in [7, 11) is 0. The zero-order valence-corrected chi connectivity index (χ0v) is 7.71. The highest BCUT2D eigenvalue weighted by atomic mass is 32.2. The van der Waals surface area contributed by atoms with Gasteiger partial charge in [-0.3, -0.25) is 0 Å². The van der Waals surface area contributed by atoms with Crippen molar-refractivity contribution in [2.75, 3.05) is 18.8 Å². The molecule has 2 rings (SSSR count). The Kier molecular flexibility index (Phi) is 2.38. The summed E-state index contributed by atoms with van der Waals surface area (Å²) < 4.78 is 0. The molecule has 2 heterocycles. The van der Waals surface area contributed by atoms with Crippen molar-refractivity contribution in [2.45, 2.75) is 16.5 Å². The third-order valence-corrected chi connectivity index (χ3v) is 3.04. The SMILES string of the molecule is Nc1nc(SC2CNCC2O)n[nH]1. The van der Waals surface area contributed by atoms with Crippen LogP contribution >= 0.6 is 11.8 Å². The number of aliphatic hydroxyl groups excluding tert-OH is 1. The number of nitrogen functional groups attached to an aromatic ring is 1. The normalized spacial score (nSPS) is 28.1. The molecule has 0 amide bonds. The Morgan fingerprint density at radius 1 is 1.54 bits per heavy atom. The van der Waals surface area contributed by atoms with Crippen LogP contribution in [0.2, 0.25) is 0 Å². The lowest BCUT2D eigenvalue weighted by Gasteiger charge is -2.08. The van der Waals surface area contributed by atoms with E-state index in [9.17, 15) is 5.11 Å². The van der Waals surface area contributed by atoms with Crippen molar-refractivity contribution in [2.24, 2.45) is 0 Å². The molecule has 5 N–H and O–H groups in total. The first-order chi connectivity index (χ1) is 6.25. The minimum atomic E-state index is -0.329. The van der Waals surface area contributed by atoms with Crippen molar-refractivity contribution in [3.05, 3.63) is 0 Å². The molecule has 1 saturated heterocycles. The first-order valence-electron chi connectivity index (χ1n) is 3.99. The number of hydrogen-bond acceptors (Lipinski definition) is 6. The van der Waals surface area contributed by atoms with Crippen LogP contribution in [0.15, 0.2) is 5.16 Å². The van der Waals surface area contributed by atoms with E-state index in [4.69, 9.17) is 5.73 Å². The molecule has 0 bridgehead atoms. The Labute approximate surface area is 79.3 Å². The van der Waals surface area contributed by atoms with E-state index in [0.29, 0.717) is 17.6 Å². The number of aliphatic hydroxyl groups is 1. The molecule has 7 heteroatoms. The molecule has 0 saturated carbocycles. The number of rotatable bonds is 2. The second-order valence-corrected chi connectivity index (χ2v) is 4.09. The zero-order valence-electron chi connectivity index (χ0n) is 6.90. The molecular formula is C6H11N5OS. The number of nitrogens with zero attached hydrogens (tertiary/aromatic N) is 2. The minimum Gasteiger partial charge on any atom is -0.391 e. The average Bonchev–Trinajstić information content (AvgIpc) is 2.64. The number of aromatic nitrogens is 3. The van der Waals surface area contributed by atoms with E-state index in [-0.39, 0.29) is 11.4 Å². The number of aromatic amines is 1. The van der Waals surface area contributed by atoms with Gasteiger partial charge in [-0.2, -0.15) is 4.98 Å². The molecule has 0 spiro atoms. The van der Waals surface area contributed by atoms with Crippen LogP contribution in [0.5, 0.6) is 0 Å². The summed E-state index contributed by atoms with van der Waals surface area (Å²) in [5, 5.41) is 19.7. The number of nitrogens with two attached hydrogens (primary N) is 1. The lowest BCUT2D eigenvalue weighted by atomic mass is 10.3. The fraction of sp³-hybridized carbons (Fsp3) is 0.667. The molecular weight excluding hydrogens is 190 g/mol. The van der Waals surface area contributed by atoms with E-state index in [1.165, 1.54) is 11.8 Å². The zero-order chi connectivity index (χ0) is 9.26. The summed E-state index contributed by atoms with van der Waals surface area (Å²) in [4.78, 5) is 3.94. The maximum absolute atomic E-state index is 9.48. The topological polar surface area (TPSA) is 99.8 Å². The molecule has 1 fully saturated rings. The van der Waals surface area contributed by atoms with E-state index >= 15 is 0 Å². The second-order valence-electron chi connectivity index (χ2n) is 2.89. The van der Waals surface area contributed by atoms with Crippen LogP contribution < -0.4 is 11.1 Å². The number of nitrogens with one attached hydrogen (secondary N) is 2. The van der Waals surface area contributed by atoms with Crippen molar-refractivity contribution < 1.29 is 5.11 Å². The number of hydrogen-bond donors (Lipinski definition) is 4. The minimum absolute atomic E-state index is 0.121. The van der Waals surface area contributed by atoms with Crippen molar-refractivity contribution in [1.29, 1.82) is 0 Å². The molecule has 1 aromatic rings. The molecule has 1 aliphatic rings. The van der Waals surface area contributed by atoms with Gasteiger partial charge in [-0.1, -0.05) is 11.8 Å². The summed E-state index contributed by atoms with van der Waals surface area (Å²) in [6.07, 6.45) is -0.329. The summed E-state index contributed by atoms with van der Waals surface area (Å²) in [5.74, 6) is 0.308. The molecule has 1 aromatic heterocycles. The van der Waals surface area contributed by atoms with Gasteiger partial charge >= 0.3 is 0 Å². The van der Waals surface area contributed by atoms with Gasteiger partial charge in [0.25, 0.3) is 0 Å². The fourth-order valence-corrected chi connectivity index (χ4v) is 2.18. The van der Waals surface area contributed by atoms with E-state index in [2.05, 4.69) is 20.5 Å². The molecule has 6 nitrogen and oxygen atoms in total. The molecule has 0 radical (unpaired) electrons. The predicted octanol–water partition coefficient (Wildman–Crippen LogP) is -1.19. The van der Waals surface area contributed by atoms with Crippen molar-refractivity contribution >= 4 is 17.7 Å². The molecule has 2 atom stereocenters. The molecule has 0 aliphatic carbocycles. The van der Waals surface area contributed by atoms with Crippen LogP contribution in [0, 0.1) is 0 Å². The standard InChI is InChI=1S/C6H11N5OS/c7-5-9-6(11-10-5)13-4-2-8-1-3(4)12/h3-4,8,12H,1-2H2,(H3,7,9,10,11). The molecule has 1 aliphatic heterocycles. The Bertz CT molecular complexity index is 290. The lowest BCUT2D eigenvalue weighted by molar-refractivity contribution is 0.201. The van der Waals surface area contributed by atoms with Gasteiger partial charge < -0.3 is 16.2 Å². The maximum Gasteiger partial charge on any atom is 0.216 e. The first-order valence-corrected chi connectivity index (χ1v) is 4.87. The number of β-amino-alcohol motifs (C(OH)–C–C–N with tert-alkyl or cyclic N) is 1. The fourth-order valence-electron chi connectivity index (χ4n) is 1.21. The van der Waals surface area contributed by atoms with Crippen LogP contribution in [0.25, 0.3) is 0 Å². The van der Waals surface area contributed by atoms with Gasteiger partial charge in [-0.25, -0.2) is 5.10 Å². The van der Waals surface area contributed by atoms with Crippen LogP contribution in [0.4, 0.5) is 5.95 Å². The van der Waals surface area contributed by atoms with Crippen molar-refractivity contribution in [3.8, 4) is 0 Å². The van der Waals surface area contributed by atoms with Crippen LogP contribution in [0.1, 0.15) is 0 Å². The van der Waals surface area contributed by atoms with Gasteiger partial charge in [0, 0.05) is 13.1 Å². The highest BCUT2D eigenvalue weighted by Gasteiger charge is 2.26. The van der Waals surface area contributed by atoms with E-state index in [0.717, 1.165) is 6.54 Å². The summed E-state index contributed by atoms with van der Waals surface area (Å²) >= 11 is 1.43. The Morgan fingerprint density at radius 2 is 2.38 bits per heavy atom. The van der Waals surface area contributed by atoms with Gasteiger partial charge in [0.2, 0.25) is 11.1 Å². The molecule has 13 heavy (non-hydrogen) atoms. The average molecular weight is 201 g/mol. The van der Waals surface area contributed by atoms with Crippen LogP contribution in [-0.4, -0.2) is 44.7 Å². The first kappa shape index (κ1) is 8.79. The predicted molar refractivity (Wildman–Crippen MR) is 49.3 cm³/mol. The smallest absolute Gasteiger partial charge is 0.216 e. The lowest BCUT2D eigenvalue weighted by Crippen LogP contribution is -2.20. The monoisotopic (exact) mass is 201 g/mol. The Hall–Kier alpha value is -0.790. The molecule has 2 unspecified atom stereocenters. The third-order valence-electron chi connectivity index (χ3n) is 1.87.